The normalized spacial score (nSPS) is 11.6. The topological polar surface area (TPSA) is 75.4 Å². The third-order valence-corrected chi connectivity index (χ3v) is 4.66. The molecule has 30 heavy (non-hydrogen) atoms. The largest absolute Gasteiger partial charge is 0.481 e. The summed E-state index contributed by atoms with van der Waals surface area (Å²) in [6, 6.07) is 15.3. The van der Waals surface area contributed by atoms with Gasteiger partial charge in [0.25, 0.3) is 0 Å². The Balaban J connectivity index is 1.85. The molecule has 0 spiro atoms. The summed E-state index contributed by atoms with van der Waals surface area (Å²) in [6.07, 6.45) is -4.56. The number of aliphatic carboxylic acids is 1. The van der Waals surface area contributed by atoms with E-state index in [1.54, 1.807) is 12.1 Å². The number of nitrogens with zero attached hydrogens (tertiary/aromatic N) is 3. The number of rotatable bonds is 8. The summed E-state index contributed by atoms with van der Waals surface area (Å²) in [5.74, 6) is -2.84. The van der Waals surface area contributed by atoms with E-state index in [2.05, 4.69) is 4.98 Å². The van der Waals surface area contributed by atoms with Crippen LogP contribution in [0.25, 0.3) is 11.0 Å². The van der Waals surface area contributed by atoms with Gasteiger partial charge < -0.3 is 14.6 Å². The van der Waals surface area contributed by atoms with Gasteiger partial charge in [-0.25, -0.2) is 4.98 Å². The number of amides is 1. The number of carbonyl (C=O) groups is 2. The van der Waals surface area contributed by atoms with E-state index in [1.807, 2.05) is 30.3 Å². The molecule has 0 bridgehead atoms. The average molecular weight is 419 g/mol. The van der Waals surface area contributed by atoms with Gasteiger partial charge in [0.05, 0.1) is 17.5 Å². The molecule has 0 fully saturated rings. The van der Waals surface area contributed by atoms with Crippen molar-refractivity contribution in [1.82, 2.24) is 14.5 Å². The van der Waals surface area contributed by atoms with Crippen LogP contribution in [-0.4, -0.2) is 44.5 Å². The van der Waals surface area contributed by atoms with Crippen LogP contribution in [0.5, 0.6) is 0 Å². The van der Waals surface area contributed by atoms with Gasteiger partial charge in [0.15, 0.2) is 0 Å². The maximum absolute atomic E-state index is 13.5. The van der Waals surface area contributed by atoms with E-state index >= 15 is 0 Å². The number of para-hydroxylation sites is 2. The molecule has 1 N–H and O–H groups in total. The summed E-state index contributed by atoms with van der Waals surface area (Å²) in [7, 11) is 0. The Morgan fingerprint density at radius 1 is 1.00 bits per heavy atom. The Morgan fingerprint density at radius 2 is 1.67 bits per heavy atom. The Labute approximate surface area is 170 Å². The van der Waals surface area contributed by atoms with E-state index in [9.17, 15) is 22.8 Å². The summed E-state index contributed by atoms with van der Waals surface area (Å²) in [5, 5.41) is 8.98. The predicted molar refractivity (Wildman–Crippen MR) is 104 cm³/mol. The van der Waals surface area contributed by atoms with Gasteiger partial charge >= 0.3 is 12.1 Å². The molecule has 9 heteroatoms. The maximum Gasteiger partial charge on any atom is 0.449 e. The molecule has 1 amide bonds. The first kappa shape index (κ1) is 21.4. The van der Waals surface area contributed by atoms with Gasteiger partial charge in [-0.3, -0.25) is 9.59 Å². The molecule has 1 heterocycles. The highest BCUT2D eigenvalue weighted by atomic mass is 19.4. The SMILES string of the molecule is O=C(O)CCN(CCc1ccccc1)C(=O)Cn1c(C(F)(F)F)nc2ccccc21. The molecule has 0 aliphatic carbocycles. The highest BCUT2D eigenvalue weighted by Crippen LogP contribution is 2.31. The fraction of sp³-hybridized carbons (Fsp3) is 0.286. The number of imidazole rings is 1. The zero-order chi connectivity index (χ0) is 21.7. The standard InChI is InChI=1S/C21H20F3N3O3/c22-21(23,24)20-25-16-8-4-5-9-17(16)27(20)14-18(28)26(13-11-19(29)30)12-10-15-6-2-1-3-7-15/h1-9H,10-14H2,(H,29,30). The highest BCUT2D eigenvalue weighted by Gasteiger charge is 2.38. The van der Waals surface area contributed by atoms with Gasteiger partial charge in [0.1, 0.15) is 6.54 Å². The molecule has 0 atom stereocenters. The number of carboxylic acid groups (broad SMARTS) is 1. The average Bonchev–Trinajstić information content (AvgIpc) is 3.07. The Morgan fingerprint density at radius 3 is 2.33 bits per heavy atom. The van der Waals surface area contributed by atoms with Gasteiger partial charge in [-0.05, 0) is 24.1 Å². The molecule has 0 saturated carbocycles. The summed E-state index contributed by atoms with van der Waals surface area (Å²) in [5.41, 5.74) is 1.27. The quantitative estimate of drug-likeness (QED) is 0.605. The molecule has 2 aromatic carbocycles. The first-order valence-electron chi connectivity index (χ1n) is 9.31. The van der Waals surface area contributed by atoms with Gasteiger partial charge in [0, 0.05) is 13.1 Å². The number of aromatic nitrogens is 2. The van der Waals surface area contributed by atoms with Crippen molar-refractivity contribution in [2.45, 2.75) is 25.6 Å². The van der Waals surface area contributed by atoms with Crippen molar-refractivity contribution in [2.24, 2.45) is 0 Å². The minimum absolute atomic E-state index is 0.0883. The van der Waals surface area contributed by atoms with Crippen LogP contribution in [0, 0.1) is 0 Å². The van der Waals surface area contributed by atoms with Crippen LogP contribution in [-0.2, 0) is 28.7 Å². The van der Waals surface area contributed by atoms with Crippen molar-refractivity contribution in [3.63, 3.8) is 0 Å². The van der Waals surface area contributed by atoms with E-state index in [-0.39, 0.29) is 30.5 Å². The highest BCUT2D eigenvalue weighted by molar-refractivity contribution is 5.81. The monoisotopic (exact) mass is 419 g/mol. The van der Waals surface area contributed by atoms with Gasteiger partial charge in [-0.15, -0.1) is 0 Å². The maximum atomic E-state index is 13.5. The molecule has 1 aromatic heterocycles. The Hall–Kier alpha value is -3.36. The first-order valence-corrected chi connectivity index (χ1v) is 9.31. The van der Waals surface area contributed by atoms with Gasteiger partial charge in [0.2, 0.25) is 11.7 Å². The molecule has 0 radical (unpaired) electrons. The molecule has 6 nitrogen and oxygen atoms in total. The van der Waals surface area contributed by atoms with Crippen molar-refractivity contribution in [1.29, 1.82) is 0 Å². The smallest absolute Gasteiger partial charge is 0.449 e. The summed E-state index contributed by atoms with van der Waals surface area (Å²) in [4.78, 5) is 28.8. The molecule has 3 rings (SSSR count). The van der Waals surface area contributed by atoms with Crippen LogP contribution < -0.4 is 0 Å². The Kier molecular flexibility index (Phi) is 6.39. The summed E-state index contributed by atoms with van der Waals surface area (Å²) >= 11 is 0. The number of carbonyl (C=O) groups excluding carboxylic acids is 1. The lowest BCUT2D eigenvalue weighted by molar-refractivity contribution is -0.148. The molecule has 3 aromatic rings. The van der Waals surface area contributed by atoms with Crippen LogP contribution in [0.4, 0.5) is 13.2 Å². The van der Waals surface area contributed by atoms with E-state index in [1.165, 1.54) is 17.0 Å². The first-order chi connectivity index (χ1) is 14.3. The molecule has 0 saturated heterocycles. The predicted octanol–water partition coefficient (Wildman–Crippen LogP) is 3.60. The van der Waals surface area contributed by atoms with Gasteiger partial charge in [-0.1, -0.05) is 42.5 Å². The van der Waals surface area contributed by atoms with Crippen molar-refractivity contribution in [3.05, 3.63) is 66.0 Å². The molecular formula is C21H20F3N3O3. The zero-order valence-corrected chi connectivity index (χ0v) is 16.0. The summed E-state index contributed by atoms with van der Waals surface area (Å²) < 4.78 is 41.3. The number of halogens is 3. The Bertz CT molecular complexity index is 1030. The van der Waals surface area contributed by atoms with Crippen LogP contribution in [0.1, 0.15) is 17.8 Å². The molecule has 158 valence electrons. The number of hydrogen-bond donors (Lipinski definition) is 1. The number of hydrogen-bond acceptors (Lipinski definition) is 3. The van der Waals surface area contributed by atoms with E-state index < -0.39 is 30.4 Å². The third-order valence-electron chi connectivity index (χ3n) is 4.66. The lowest BCUT2D eigenvalue weighted by atomic mass is 10.1. The fourth-order valence-corrected chi connectivity index (χ4v) is 3.19. The van der Waals surface area contributed by atoms with E-state index in [4.69, 9.17) is 5.11 Å². The van der Waals surface area contributed by atoms with Crippen molar-refractivity contribution in [3.8, 4) is 0 Å². The number of fused-ring (bicyclic) bond motifs is 1. The van der Waals surface area contributed by atoms with Crippen LogP contribution in [0.15, 0.2) is 54.6 Å². The molecule has 0 aliphatic rings. The number of benzene rings is 2. The number of alkyl halides is 3. The van der Waals surface area contributed by atoms with E-state index in [0.717, 1.165) is 10.1 Å². The second-order valence-electron chi connectivity index (χ2n) is 6.77. The van der Waals surface area contributed by atoms with Crippen molar-refractivity contribution in [2.75, 3.05) is 13.1 Å². The van der Waals surface area contributed by atoms with Crippen molar-refractivity contribution >= 4 is 22.9 Å². The molecule has 0 aliphatic heterocycles. The van der Waals surface area contributed by atoms with E-state index in [0.29, 0.717) is 6.42 Å². The molecular weight excluding hydrogens is 399 g/mol. The lowest BCUT2D eigenvalue weighted by Gasteiger charge is -2.23. The van der Waals surface area contributed by atoms with Crippen molar-refractivity contribution < 1.29 is 27.9 Å². The summed E-state index contributed by atoms with van der Waals surface area (Å²) in [6.45, 7) is -0.469. The second kappa shape index (κ2) is 8.98. The van der Waals surface area contributed by atoms with Gasteiger partial charge in [-0.2, -0.15) is 13.2 Å². The second-order valence-corrected chi connectivity index (χ2v) is 6.77. The lowest BCUT2D eigenvalue weighted by Crippen LogP contribution is -2.37. The minimum atomic E-state index is -4.73. The fourth-order valence-electron chi connectivity index (χ4n) is 3.19. The molecule has 0 unspecified atom stereocenters. The van der Waals surface area contributed by atoms with Crippen LogP contribution in [0.3, 0.4) is 0 Å². The van der Waals surface area contributed by atoms with Crippen LogP contribution in [0.2, 0.25) is 0 Å². The third kappa shape index (κ3) is 5.16. The zero-order valence-electron chi connectivity index (χ0n) is 16.0. The van der Waals surface area contributed by atoms with Crippen LogP contribution >= 0.6 is 0 Å². The minimum Gasteiger partial charge on any atom is -0.481 e. The number of carboxylic acids is 1.